The lowest BCUT2D eigenvalue weighted by Gasteiger charge is -2.38. The summed E-state index contributed by atoms with van der Waals surface area (Å²) in [7, 11) is 2.02. The van der Waals surface area contributed by atoms with Gasteiger partial charge < -0.3 is 9.62 Å². The average molecular weight is 456 g/mol. The Hall–Kier alpha value is -2.71. The number of halogens is 2. The van der Waals surface area contributed by atoms with E-state index < -0.39 is 5.95 Å². The highest BCUT2D eigenvalue weighted by Gasteiger charge is 2.25. The first-order valence-electron chi connectivity index (χ1n) is 10.7. The second-order valence-corrected chi connectivity index (χ2v) is 8.84. The van der Waals surface area contributed by atoms with Crippen molar-refractivity contribution in [2.75, 3.05) is 29.8 Å². The normalized spacial score (nSPS) is 15.0. The van der Waals surface area contributed by atoms with Gasteiger partial charge in [-0.3, -0.25) is 4.90 Å². The minimum Gasteiger partial charge on any atom is -0.370 e. The molecule has 1 aliphatic heterocycles. The van der Waals surface area contributed by atoms with Crippen molar-refractivity contribution in [2.45, 2.75) is 37.4 Å². The van der Waals surface area contributed by atoms with E-state index in [0.29, 0.717) is 17.4 Å². The summed E-state index contributed by atoms with van der Waals surface area (Å²) < 4.78 is 31.1. The number of nitrogens with one attached hydrogen (secondary N) is 1. The molecule has 3 heterocycles. The van der Waals surface area contributed by atoms with Crippen LogP contribution in [-0.4, -0.2) is 41.0 Å². The van der Waals surface area contributed by atoms with Crippen molar-refractivity contribution in [3.8, 4) is 0 Å². The Morgan fingerprint density at radius 3 is 2.56 bits per heavy atom. The molecule has 1 fully saturated rings. The molecular weight excluding hydrogens is 428 g/mol. The predicted molar refractivity (Wildman–Crippen MR) is 126 cm³/mol. The van der Waals surface area contributed by atoms with Crippen LogP contribution in [0.4, 0.5) is 20.3 Å². The number of pyridine rings is 2. The molecule has 1 saturated heterocycles. The minimum absolute atomic E-state index is 0.211. The van der Waals surface area contributed by atoms with Gasteiger partial charge in [-0.15, -0.1) is 0 Å². The minimum atomic E-state index is -0.591. The fourth-order valence-corrected chi connectivity index (χ4v) is 4.70. The number of piperidine rings is 1. The first kappa shape index (κ1) is 22.5. The monoisotopic (exact) mass is 455 g/mol. The van der Waals surface area contributed by atoms with Gasteiger partial charge in [0.15, 0.2) is 10.8 Å². The molecule has 0 unspecified atom stereocenters. The summed E-state index contributed by atoms with van der Waals surface area (Å²) in [4.78, 5) is 12.7. The van der Waals surface area contributed by atoms with E-state index in [4.69, 9.17) is 0 Å². The molecule has 8 heteroatoms. The molecule has 5 nitrogen and oxygen atoms in total. The fourth-order valence-electron chi connectivity index (χ4n) is 4.04. The topological polar surface area (TPSA) is 44.3 Å². The Bertz CT molecular complexity index is 1040. The number of benzene rings is 1. The van der Waals surface area contributed by atoms with Crippen molar-refractivity contribution >= 4 is 23.5 Å². The van der Waals surface area contributed by atoms with E-state index in [1.165, 1.54) is 11.6 Å². The van der Waals surface area contributed by atoms with Gasteiger partial charge in [0, 0.05) is 50.2 Å². The van der Waals surface area contributed by atoms with Crippen molar-refractivity contribution in [1.29, 1.82) is 0 Å². The fraction of sp³-hybridized carbons (Fsp3) is 0.333. The number of hydrogen-bond donors (Lipinski definition) is 1. The van der Waals surface area contributed by atoms with Crippen molar-refractivity contribution in [3.63, 3.8) is 0 Å². The van der Waals surface area contributed by atoms with E-state index in [9.17, 15) is 4.39 Å². The van der Waals surface area contributed by atoms with Crippen molar-refractivity contribution in [3.05, 3.63) is 77.6 Å². The zero-order chi connectivity index (χ0) is 22.5. The Morgan fingerprint density at radius 1 is 1.09 bits per heavy atom. The molecule has 0 atom stereocenters. The summed E-state index contributed by atoms with van der Waals surface area (Å²) in [5.41, 5.74) is 2.69. The van der Waals surface area contributed by atoms with Crippen LogP contribution in [0.25, 0.3) is 0 Å². The Kier molecular flexibility index (Phi) is 7.22. The third-order valence-corrected chi connectivity index (χ3v) is 6.70. The molecule has 1 aromatic carbocycles. The summed E-state index contributed by atoms with van der Waals surface area (Å²) in [6.07, 6.45) is 3.76. The summed E-state index contributed by atoms with van der Waals surface area (Å²) in [5.74, 6) is -0.644. The molecule has 0 radical (unpaired) electrons. The molecule has 0 saturated carbocycles. The van der Waals surface area contributed by atoms with Crippen LogP contribution < -0.4 is 9.62 Å². The largest absolute Gasteiger partial charge is 0.370 e. The van der Waals surface area contributed by atoms with Crippen LogP contribution in [-0.2, 0) is 6.54 Å². The van der Waals surface area contributed by atoms with E-state index >= 15 is 4.39 Å². The molecule has 1 aliphatic rings. The molecule has 32 heavy (non-hydrogen) atoms. The number of aromatic nitrogens is 2. The number of likely N-dealkylation sites (tertiary alicyclic amines) is 1. The molecule has 168 valence electrons. The van der Waals surface area contributed by atoms with Crippen LogP contribution in [0.3, 0.4) is 0 Å². The van der Waals surface area contributed by atoms with Crippen LogP contribution in [0.1, 0.15) is 24.0 Å². The second-order valence-electron chi connectivity index (χ2n) is 8.04. The van der Waals surface area contributed by atoms with E-state index in [2.05, 4.69) is 48.8 Å². The first-order valence-corrected chi connectivity index (χ1v) is 11.5. The third kappa shape index (κ3) is 5.37. The van der Waals surface area contributed by atoms with E-state index in [1.807, 2.05) is 13.1 Å². The van der Waals surface area contributed by atoms with Crippen LogP contribution >= 0.6 is 11.9 Å². The number of nitrogens with zero attached hydrogens (tertiary/aromatic N) is 4. The van der Waals surface area contributed by atoms with Crippen LogP contribution in [0.15, 0.2) is 59.8 Å². The summed E-state index contributed by atoms with van der Waals surface area (Å²) in [5, 5.41) is 0.211. The summed E-state index contributed by atoms with van der Waals surface area (Å²) in [6, 6.07) is 15.3. The highest BCUT2D eigenvalue weighted by atomic mass is 32.2. The van der Waals surface area contributed by atoms with Crippen molar-refractivity contribution in [1.82, 2.24) is 14.9 Å². The highest BCUT2D eigenvalue weighted by molar-refractivity contribution is 8.00. The van der Waals surface area contributed by atoms with Gasteiger partial charge in [-0.2, -0.15) is 4.39 Å². The van der Waals surface area contributed by atoms with Crippen LogP contribution in [0.5, 0.6) is 0 Å². The molecule has 0 aliphatic carbocycles. The highest BCUT2D eigenvalue weighted by Crippen LogP contribution is 2.31. The van der Waals surface area contributed by atoms with Gasteiger partial charge in [0.2, 0.25) is 5.95 Å². The van der Waals surface area contributed by atoms with Crippen molar-refractivity contribution < 1.29 is 8.78 Å². The number of anilines is 2. The quantitative estimate of drug-likeness (QED) is 0.386. The molecule has 0 bridgehead atoms. The van der Waals surface area contributed by atoms with E-state index in [-0.39, 0.29) is 10.8 Å². The standard InChI is InChI=1S/C24H27F2N5S/c1-17-20(15-27-24(23(17)26)32-29-22-10-6-9-21(25)28-22)30(2)19-11-13-31(14-12-19)16-18-7-4-3-5-8-18/h3-10,15,19H,11-14,16H2,1-2H3,(H,28,29). The van der Waals surface area contributed by atoms with Gasteiger partial charge in [0.05, 0.1) is 11.9 Å². The van der Waals surface area contributed by atoms with Gasteiger partial charge in [0.1, 0.15) is 5.82 Å². The zero-order valence-electron chi connectivity index (χ0n) is 18.3. The Labute approximate surface area is 192 Å². The lowest BCUT2D eigenvalue weighted by Crippen LogP contribution is -2.43. The molecule has 4 rings (SSSR count). The van der Waals surface area contributed by atoms with Gasteiger partial charge in [-0.05, 0) is 37.5 Å². The molecular formula is C24H27F2N5S. The summed E-state index contributed by atoms with van der Waals surface area (Å²) in [6.45, 7) is 4.76. The lowest BCUT2D eigenvalue weighted by atomic mass is 10.0. The third-order valence-electron chi connectivity index (χ3n) is 5.91. The smallest absolute Gasteiger partial charge is 0.214 e. The molecule has 2 aromatic heterocycles. The van der Waals surface area contributed by atoms with Gasteiger partial charge >= 0.3 is 0 Å². The predicted octanol–water partition coefficient (Wildman–Crippen LogP) is 5.28. The van der Waals surface area contributed by atoms with Crippen molar-refractivity contribution in [2.24, 2.45) is 0 Å². The van der Waals surface area contributed by atoms with E-state index in [0.717, 1.165) is 50.1 Å². The number of hydrogen-bond acceptors (Lipinski definition) is 6. The van der Waals surface area contributed by atoms with Crippen LogP contribution in [0.2, 0.25) is 0 Å². The maximum absolute atomic E-state index is 15.0. The maximum Gasteiger partial charge on any atom is 0.214 e. The summed E-state index contributed by atoms with van der Waals surface area (Å²) >= 11 is 0.990. The SMILES string of the molecule is Cc1c(N(C)C2CCN(Cc3ccccc3)CC2)cnc(SNc2cccc(F)n2)c1F. The molecule has 0 spiro atoms. The Morgan fingerprint density at radius 2 is 1.84 bits per heavy atom. The van der Waals surface area contributed by atoms with Gasteiger partial charge in [-0.25, -0.2) is 14.4 Å². The second kappa shape index (κ2) is 10.3. The average Bonchev–Trinajstić information content (AvgIpc) is 2.81. The van der Waals surface area contributed by atoms with E-state index in [1.54, 1.807) is 25.3 Å². The number of rotatable bonds is 7. The van der Waals surface area contributed by atoms with Gasteiger partial charge in [-0.1, -0.05) is 36.4 Å². The van der Waals surface area contributed by atoms with Crippen LogP contribution in [0, 0.1) is 18.7 Å². The van der Waals surface area contributed by atoms with Gasteiger partial charge in [0.25, 0.3) is 0 Å². The maximum atomic E-state index is 15.0. The molecule has 0 amide bonds. The zero-order valence-corrected chi connectivity index (χ0v) is 19.1. The lowest BCUT2D eigenvalue weighted by molar-refractivity contribution is 0.203. The Balaban J connectivity index is 1.36. The molecule has 3 aromatic rings. The molecule has 1 N–H and O–H groups in total. The first-order chi connectivity index (χ1) is 15.5.